The maximum absolute atomic E-state index is 12.4. The van der Waals surface area contributed by atoms with Gasteiger partial charge in [0.1, 0.15) is 5.00 Å². The Morgan fingerprint density at radius 1 is 1.07 bits per heavy atom. The van der Waals surface area contributed by atoms with Crippen LogP contribution >= 0.6 is 11.3 Å². The van der Waals surface area contributed by atoms with Crippen molar-refractivity contribution in [2.45, 2.75) is 30.9 Å². The summed E-state index contributed by atoms with van der Waals surface area (Å²) in [6.07, 6.45) is -0.877. The van der Waals surface area contributed by atoms with Gasteiger partial charge in [-0.2, -0.15) is 0 Å². The molecule has 150 valence electrons. The number of alkyl carbamates (subject to hydrolysis) is 1. The molecular formula is C18H20N2O6S2. The molecule has 1 heterocycles. The third-order valence-electron chi connectivity index (χ3n) is 3.69. The van der Waals surface area contributed by atoms with E-state index in [0.29, 0.717) is 0 Å². The van der Waals surface area contributed by atoms with Gasteiger partial charge in [0.2, 0.25) is 0 Å². The van der Waals surface area contributed by atoms with E-state index in [1.807, 2.05) is 0 Å². The molecule has 0 aliphatic carbocycles. The first-order valence-electron chi connectivity index (χ1n) is 8.37. The fourth-order valence-corrected chi connectivity index (χ4v) is 3.99. The number of hydrogen-bond acceptors (Lipinski definition) is 7. The summed E-state index contributed by atoms with van der Waals surface area (Å²) >= 11 is 1.11. The molecule has 1 aromatic carbocycles. The maximum atomic E-state index is 12.4. The number of anilines is 1. The molecule has 0 fully saturated rings. The van der Waals surface area contributed by atoms with Crippen LogP contribution in [0.2, 0.25) is 0 Å². The third-order valence-corrected chi connectivity index (χ3v) is 6.69. The lowest BCUT2D eigenvalue weighted by molar-refractivity contribution is 0.0926. The highest BCUT2D eigenvalue weighted by Crippen LogP contribution is 2.24. The maximum Gasteiger partial charge on any atom is 0.414 e. The van der Waals surface area contributed by atoms with Crippen molar-refractivity contribution >= 4 is 44.1 Å². The van der Waals surface area contributed by atoms with Gasteiger partial charge in [0.15, 0.2) is 9.84 Å². The first kappa shape index (κ1) is 21.6. The molecule has 0 unspecified atom stereocenters. The highest BCUT2D eigenvalue weighted by atomic mass is 32.2. The molecule has 0 aliphatic heterocycles. The number of rotatable bonds is 6. The van der Waals surface area contributed by atoms with Gasteiger partial charge < -0.3 is 10.1 Å². The smallest absolute Gasteiger partial charge is 0.414 e. The lowest BCUT2D eigenvalue weighted by Crippen LogP contribution is -2.31. The van der Waals surface area contributed by atoms with E-state index >= 15 is 0 Å². The van der Waals surface area contributed by atoms with Crippen molar-refractivity contribution in [3.05, 3.63) is 46.8 Å². The van der Waals surface area contributed by atoms with Gasteiger partial charge in [-0.05, 0) is 56.5 Å². The summed E-state index contributed by atoms with van der Waals surface area (Å²) in [6.45, 7) is 4.89. The first-order chi connectivity index (χ1) is 13.2. The molecule has 0 radical (unpaired) electrons. The number of hydrogen-bond donors (Lipinski definition) is 2. The Bertz CT molecular complexity index is 978. The Kier molecular flexibility index (Phi) is 6.92. The Morgan fingerprint density at radius 2 is 1.71 bits per heavy atom. The van der Waals surface area contributed by atoms with E-state index in [4.69, 9.17) is 0 Å². The highest BCUT2D eigenvalue weighted by Gasteiger charge is 2.21. The molecule has 0 aliphatic rings. The van der Waals surface area contributed by atoms with Gasteiger partial charge in [-0.3, -0.25) is 14.9 Å². The van der Waals surface area contributed by atoms with Crippen LogP contribution in [0, 0.1) is 0 Å². The average molecular weight is 425 g/mol. The molecule has 2 aromatic rings. The van der Waals surface area contributed by atoms with E-state index in [9.17, 15) is 22.8 Å². The lowest BCUT2D eigenvalue weighted by Gasteiger charge is -2.09. The lowest BCUT2D eigenvalue weighted by atomic mass is 10.2. The average Bonchev–Trinajstić information content (AvgIpc) is 3.10. The van der Waals surface area contributed by atoms with Crippen LogP contribution in [0.5, 0.6) is 0 Å². The standard InChI is InChI=1S/C18H20N2O6S2/c1-4-26-18(23)20-16(22)14-9-10-27-17(14)19-15(21)12-5-7-13(8-6-12)28(24,25)11(2)3/h5-11H,4H2,1-3H3,(H,19,21)(H,20,22,23). The second-order valence-corrected chi connectivity index (χ2v) is 9.33. The number of sulfone groups is 1. The van der Waals surface area contributed by atoms with Gasteiger partial charge in [0.05, 0.1) is 22.3 Å². The van der Waals surface area contributed by atoms with Crippen molar-refractivity contribution < 1.29 is 27.5 Å². The van der Waals surface area contributed by atoms with Gasteiger partial charge in [-0.15, -0.1) is 11.3 Å². The van der Waals surface area contributed by atoms with Gasteiger partial charge in [-0.25, -0.2) is 13.2 Å². The van der Waals surface area contributed by atoms with Crippen LogP contribution in [0.1, 0.15) is 41.5 Å². The molecular weight excluding hydrogens is 404 g/mol. The molecule has 8 nitrogen and oxygen atoms in total. The minimum absolute atomic E-state index is 0.116. The van der Waals surface area contributed by atoms with Crippen LogP contribution in [-0.4, -0.2) is 38.2 Å². The summed E-state index contributed by atoms with van der Waals surface area (Å²) < 4.78 is 28.9. The van der Waals surface area contributed by atoms with Crippen molar-refractivity contribution in [1.29, 1.82) is 0 Å². The number of amides is 3. The first-order valence-corrected chi connectivity index (χ1v) is 10.8. The Balaban J connectivity index is 2.13. The summed E-state index contributed by atoms with van der Waals surface area (Å²) in [5.74, 6) is -1.21. The normalized spacial score (nSPS) is 11.1. The third kappa shape index (κ3) is 4.96. The molecule has 28 heavy (non-hydrogen) atoms. The number of benzene rings is 1. The fraction of sp³-hybridized carbons (Fsp3) is 0.278. The zero-order chi connectivity index (χ0) is 20.9. The molecule has 0 saturated carbocycles. The molecule has 2 N–H and O–H groups in total. The zero-order valence-corrected chi connectivity index (χ0v) is 17.1. The van der Waals surface area contributed by atoms with Gasteiger partial charge in [0, 0.05) is 5.56 Å². The summed E-state index contributed by atoms with van der Waals surface area (Å²) in [6, 6.07) is 7.00. The fourth-order valence-electron chi connectivity index (χ4n) is 2.16. The molecule has 1 aromatic heterocycles. The van der Waals surface area contributed by atoms with Crippen LogP contribution in [0.3, 0.4) is 0 Å². The monoisotopic (exact) mass is 424 g/mol. The molecule has 3 amide bonds. The second-order valence-electron chi connectivity index (χ2n) is 5.91. The minimum atomic E-state index is -3.43. The summed E-state index contributed by atoms with van der Waals surface area (Å²) in [4.78, 5) is 36.1. The molecule has 0 atom stereocenters. The predicted octanol–water partition coefficient (Wildman–Crippen LogP) is 3.07. The minimum Gasteiger partial charge on any atom is -0.450 e. The van der Waals surface area contributed by atoms with E-state index in [2.05, 4.69) is 15.4 Å². The number of carbonyl (C=O) groups is 3. The topological polar surface area (TPSA) is 119 Å². The van der Waals surface area contributed by atoms with Crippen molar-refractivity contribution in [3.63, 3.8) is 0 Å². The second kappa shape index (κ2) is 8.98. The van der Waals surface area contributed by atoms with E-state index in [-0.39, 0.29) is 27.6 Å². The Hall–Kier alpha value is -2.72. The van der Waals surface area contributed by atoms with Crippen LogP contribution < -0.4 is 10.6 Å². The molecule has 0 spiro atoms. The van der Waals surface area contributed by atoms with E-state index in [1.54, 1.807) is 26.2 Å². The molecule has 0 bridgehead atoms. The number of imide groups is 1. The van der Waals surface area contributed by atoms with Gasteiger partial charge in [-0.1, -0.05) is 0 Å². The van der Waals surface area contributed by atoms with Gasteiger partial charge >= 0.3 is 6.09 Å². The summed E-state index contributed by atoms with van der Waals surface area (Å²) in [5, 5.41) is 5.93. The quantitative estimate of drug-likeness (QED) is 0.736. The molecule has 10 heteroatoms. The van der Waals surface area contributed by atoms with Crippen molar-refractivity contribution in [2.24, 2.45) is 0 Å². The van der Waals surface area contributed by atoms with Crippen LogP contribution in [0.15, 0.2) is 40.6 Å². The van der Waals surface area contributed by atoms with Crippen molar-refractivity contribution in [3.8, 4) is 0 Å². The zero-order valence-electron chi connectivity index (χ0n) is 15.5. The molecule has 2 rings (SSSR count). The van der Waals surface area contributed by atoms with Crippen molar-refractivity contribution in [2.75, 3.05) is 11.9 Å². The highest BCUT2D eigenvalue weighted by molar-refractivity contribution is 7.92. The summed E-state index contributed by atoms with van der Waals surface area (Å²) in [7, 11) is -3.43. The predicted molar refractivity (Wildman–Crippen MR) is 106 cm³/mol. The molecule has 0 saturated heterocycles. The van der Waals surface area contributed by atoms with E-state index < -0.39 is 33.0 Å². The number of ether oxygens (including phenoxy) is 1. The van der Waals surface area contributed by atoms with Crippen molar-refractivity contribution in [1.82, 2.24) is 5.32 Å². The Morgan fingerprint density at radius 3 is 2.29 bits per heavy atom. The van der Waals surface area contributed by atoms with E-state index in [1.165, 1.54) is 30.3 Å². The van der Waals surface area contributed by atoms with Gasteiger partial charge in [0.25, 0.3) is 11.8 Å². The summed E-state index contributed by atoms with van der Waals surface area (Å²) in [5.41, 5.74) is 0.346. The number of nitrogens with one attached hydrogen (secondary N) is 2. The van der Waals surface area contributed by atoms with E-state index in [0.717, 1.165) is 11.3 Å². The number of thiophene rings is 1. The van der Waals surface area contributed by atoms with Crippen LogP contribution in [-0.2, 0) is 14.6 Å². The van der Waals surface area contributed by atoms with Crippen LogP contribution in [0.4, 0.5) is 9.80 Å². The van der Waals surface area contributed by atoms with Crippen LogP contribution in [0.25, 0.3) is 0 Å². The number of carbonyl (C=O) groups excluding carboxylic acids is 3. The SMILES string of the molecule is CCOC(=O)NC(=O)c1ccsc1NC(=O)c1ccc(S(=O)(=O)C(C)C)cc1. The largest absolute Gasteiger partial charge is 0.450 e. The Labute approximate surface area is 166 Å².